The van der Waals surface area contributed by atoms with Crippen molar-refractivity contribution < 1.29 is 31.9 Å². The summed E-state index contributed by atoms with van der Waals surface area (Å²) < 4.78 is 52.6. The molecule has 2 aromatic carbocycles. The number of sulfonamides is 1. The van der Waals surface area contributed by atoms with E-state index >= 15 is 0 Å². The molecule has 2 amide bonds. The van der Waals surface area contributed by atoms with Crippen LogP contribution >= 0.6 is 10.0 Å². The van der Waals surface area contributed by atoms with Gasteiger partial charge in [0, 0.05) is 18.4 Å². The van der Waals surface area contributed by atoms with Gasteiger partial charge in [-0.05, 0) is 61.2 Å². The van der Waals surface area contributed by atoms with E-state index in [1.165, 1.54) is 31.2 Å². The molecule has 12 heteroatoms. The minimum atomic E-state index is -4.11. The van der Waals surface area contributed by atoms with Crippen LogP contribution in [0.1, 0.15) is 6.92 Å². The summed E-state index contributed by atoms with van der Waals surface area (Å²) >= 11 is 0. The Morgan fingerprint density at radius 3 is 2.46 bits per heavy atom. The van der Waals surface area contributed by atoms with Crippen molar-refractivity contribution in [1.29, 1.82) is 0 Å². The smallest absolute Gasteiger partial charge is 0.411 e. The maximum Gasteiger partial charge on any atom is 0.411 e. The highest BCUT2D eigenvalue weighted by molar-refractivity contribution is 8.32. The number of benzene rings is 2. The lowest BCUT2D eigenvalue weighted by atomic mass is 10.2. The first-order valence-electron chi connectivity index (χ1n) is 10.8. The van der Waals surface area contributed by atoms with E-state index < -0.39 is 38.1 Å². The van der Waals surface area contributed by atoms with Gasteiger partial charge in [0.2, 0.25) is 5.91 Å². The molecule has 9 nitrogen and oxygen atoms in total. The Bertz CT molecular complexity index is 1180. The number of hydrogen-bond donors (Lipinski definition) is 2. The molecule has 0 radical (unpaired) electrons. The quantitative estimate of drug-likeness (QED) is 0.545. The maximum atomic E-state index is 13.5. The number of anilines is 2. The SMILES string of the molecule is CC(=O)NC[C@H]1CN(S(=O)(=O)c2ccc(F)cc2)c2cc(NC(=O)OCCS(C)(C)C)ccc2O1. The van der Waals surface area contributed by atoms with E-state index in [-0.39, 0.29) is 41.9 Å². The maximum absolute atomic E-state index is 13.5. The molecule has 192 valence electrons. The van der Waals surface area contributed by atoms with Gasteiger partial charge in [0.25, 0.3) is 10.0 Å². The summed E-state index contributed by atoms with van der Waals surface area (Å²) in [5.74, 6) is 0.177. The standard InChI is InChI=1S/C23H30FN3O6S2/c1-16(28)25-14-19-15-27(35(30,31)20-8-5-17(24)6-9-20)21-13-18(7-10-22(21)33-19)26-23(29)32-11-12-34(2,3)4/h5-10,13,19H,11-12,14-15H2,1-4H3,(H,25,28)(H,26,29)/t19-/m0/s1. The Morgan fingerprint density at radius 1 is 1.14 bits per heavy atom. The van der Waals surface area contributed by atoms with Gasteiger partial charge in [-0.15, -0.1) is 0 Å². The van der Waals surface area contributed by atoms with E-state index in [9.17, 15) is 22.4 Å². The molecule has 35 heavy (non-hydrogen) atoms. The van der Waals surface area contributed by atoms with Gasteiger partial charge in [-0.1, -0.05) is 0 Å². The molecule has 0 spiro atoms. The molecular formula is C23H30FN3O6S2. The van der Waals surface area contributed by atoms with E-state index in [4.69, 9.17) is 9.47 Å². The molecule has 1 atom stereocenters. The minimum absolute atomic E-state index is 0.0896. The normalized spacial score (nSPS) is 16.0. The van der Waals surface area contributed by atoms with Crippen molar-refractivity contribution in [3.8, 4) is 5.75 Å². The molecule has 0 unspecified atom stereocenters. The summed E-state index contributed by atoms with van der Waals surface area (Å²) in [4.78, 5) is 23.5. The molecule has 2 N–H and O–H groups in total. The Labute approximate surface area is 206 Å². The van der Waals surface area contributed by atoms with Crippen molar-refractivity contribution in [2.45, 2.75) is 17.9 Å². The first kappa shape index (κ1) is 26.6. The second kappa shape index (κ2) is 10.7. The molecule has 0 aliphatic carbocycles. The first-order chi connectivity index (χ1) is 16.3. The highest BCUT2D eigenvalue weighted by Crippen LogP contribution is 2.39. The fourth-order valence-electron chi connectivity index (χ4n) is 3.25. The molecular weight excluding hydrogens is 497 g/mol. The van der Waals surface area contributed by atoms with Crippen LogP contribution in [0.25, 0.3) is 0 Å². The van der Waals surface area contributed by atoms with Gasteiger partial charge in [-0.25, -0.2) is 27.6 Å². The number of carbonyl (C=O) groups is 2. The van der Waals surface area contributed by atoms with Crippen molar-refractivity contribution in [2.24, 2.45) is 0 Å². The summed E-state index contributed by atoms with van der Waals surface area (Å²) in [6.07, 6.45) is 5.04. The Balaban J connectivity index is 1.88. The lowest BCUT2D eigenvalue weighted by Gasteiger charge is -2.35. The summed E-state index contributed by atoms with van der Waals surface area (Å²) in [5, 5.41) is 5.24. The summed E-state index contributed by atoms with van der Waals surface area (Å²) in [5.41, 5.74) is 0.519. The monoisotopic (exact) mass is 527 g/mol. The van der Waals surface area contributed by atoms with Crippen LogP contribution in [0.3, 0.4) is 0 Å². The molecule has 2 aromatic rings. The van der Waals surface area contributed by atoms with Crippen molar-refractivity contribution in [2.75, 3.05) is 53.8 Å². The van der Waals surface area contributed by atoms with Gasteiger partial charge in [0.1, 0.15) is 24.3 Å². The number of amides is 2. The number of carbonyl (C=O) groups excluding carboxylic acids is 2. The Morgan fingerprint density at radius 2 is 1.83 bits per heavy atom. The number of nitrogens with zero attached hydrogens (tertiary/aromatic N) is 1. The average Bonchev–Trinajstić information content (AvgIpc) is 2.76. The van der Waals surface area contributed by atoms with E-state index in [0.29, 0.717) is 5.69 Å². The zero-order chi connectivity index (χ0) is 25.8. The van der Waals surface area contributed by atoms with Crippen LogP contribution in [0.2, 0.25) is 0 Å². The van der Waals surface area contributed by atoms with Crippen LogP contribution < -0.4 is 19.7 Å². The summed E-state index contributed by atoms with van der Waals surface area (Å²) in [7, 11) is -4.92. The predicted molar refractivity (Wildman–Crippen MR) is 136 cm³/mol. The van der Waals surface area contributed by atoms with Crippen molar-refractivity contribution in [3.63, 3.8) is 0 Å². The molecule has 1 aliphatic rings. The third-order valence-electron chi connectivity index (χ3n) is 5.05. The first-order valence-corrected chi connectivity index (χ1v) is 15.2. The molecule has 1 heterocycles. The Hall–Kier alpha value is -2.99. The molecule has 3 rings (SSSR count). The van der Waals surface area contributed by atoms with Crippen LogP contribution in [0.15, 0.2) is 47.4 Å². The molecule has 0 fully saturated rings. The highest BCUT2D eigenvalue weighted by atomic mass is 32.3. The van der Waals surface area contributed by atoms with Crippen molar-refractivity contribution in [3.05, 3.63) is 48.3 Å². The number of halogens is 1. The van der Waals surface area contributed by atoms with Crippen LogP contribution in [-0.4, -0.2) is 70.7 Å². The van der Waals surface area contributed by atoms with Crippen LogP contribution in [0.4, 0.5) is 20.6 Å². The zero-order valence-corrected chi connectivity index (χ0v) is 21.7. The third kappa shape index (κ3) is 7.25. The fraction of sp³-hybridized carbons (Fsp3) is 0.391. The third-order valence-corrected chi connectivity index (χ3v) is 8.23. The lowest BCUT2D eigenvalue weighted by Crippen LogP contribution is -2.48. The van der Waals surface area contributed by atoms with Crippen LogP contribution in [0, 0.1) is 5.82 Å². The van der Waals surface area contributed by atoms with Gasteiger partial charge in [-0.3, -0.25) is 14.4 Å². The highest BCUT2D eigenvalue weighted by Gasteiger charge is 2.35. The van der Waals surface area contributed by atoms with Gasteiger partial charge in [0.15, 0.2) is 0 Å². The number of ether oxygens (including phenoxy) is 2. The lowest BCUT2D eigenvalue weighted by molar-refractivity contribution is -0.119. The van der Waals surface area contributed by atoms with E-state index in [2.05, 4.69) is 29.4 Å². The number of fused-ring (bicyclic) bond motifs is 1. The van der Waals surface area contributed by atoms with E-state index in [1.54, 1.807) is 6.07 Å². The van der Waals surface area contributed by atoms with Crippen LogP contribution in [0.5, 0.6) is 5.75 Å². The fourth-order valence-corrected chi connectivity index (χ4v) is 5.34. The second-order valence-electron chi connectivity index (χ2n) is 8.91. The van der Waals surface area contributed by atoms with Gasteiger partial charge < -0.3 is 14.8 Å². The molecule has 0 saturated heterocycles. The zero-order valence-electron chi connectivity index (χ0n) is 20.0. The molecule has 1 aliphatic heterocycles. The van der Waals surface area contributed by atoms with Gasteiger partial charge in [-0.2, -0.15) is 0 Å². The topological polar surface area (TPSA) is 114 Å². The molecule has 0 aromatic heterocycles. The summed E-state index contributed by atoms with van der Waals surface area (Å²) in [6, 6.07) is 9.07. The van der Waals surface area contributed by atoms with E-state index in [0.717, 1.165) is 22.2 Å². The van der Waals surface area contributed by atoms with E-state index in [1.807, 2.05) is 0 Å². The average molecular weight is 528 g/mol. The number of nitrogens with one attached hydrogen (secondary N) is 2. The summed E-state index contributed by atoms with van der Waals surface area (Å²) in [6.45, 7) is 1.61. The number of hydrogen-bond acceptors (Lipinski definition) is 6. The van der Waals surface area contributed by atoms with Crippen molar-refractivity contribution >= 4 is 43.4 Å². The van der Waals surface area contributed by atoms with Gasteiger partial charge in [0.05, 0.1) is 23.7 Å². The molecule has 0 saturated carbocycles. The predicted octanol–water partition coefficient (Wildman–Crippen LogP) is 3.16. The largest absolute Gasteiger partial charge is 0.484 e. The van der Waals surface area contributed by atoms with Crippen molar-refractivity contribution in [1.82, 2.24) is 5.32 Å². The Kier molecular flexibility index (Phi) is 8.16. The number of rotatable bonds is 8. The second-order valence-corrected chi connectivity index (χ2v) is 15.4. The molecule has 0 bridgehead atoms. The van der Waals surface area contributed by atoms with Crippen LogP contribution in [-0.2, 0) is 19.6 Å². The van der Waals surface area contributed by atoms with Gasteiger partial charge >= 0.3 is 6.09 Å². The minimum Gasteiger partial charge on any atom is -0.484 e.